The zero-order valence-electron chi connectivity index (χ0n) is 17.3. The van der Waals surface area contributed by atoms with E-state index in [9.17, 15) is 9.90 Å². The van der Waals surface area contributed by atoms with Crippen molar-refractivity contribution in [3.8, 4) is 5.75 Å². The number of anilines is 1. The first kappa shape index (κ1) is 20.3. The molecule has 1 aliphatic heterocycles. The molecule has 0 saturated carbocycles. The second-order valence-corrected chi connectivity index (χ2v) is 7.86. The molecular formula is C21H20ClN7O3. The number of para-hydroxylation sites is 1. The van der Waals surface area contributed by atoms with Crippen molar-refractivity contribution < 1.29 is 14.6 Å². The van der Waals surface area contributed by atoms with E-state index in [1.54, 1.807) is 34.0 Å². The normalized spacial score (nSPS) is 14.3. The number of carbonyl (C=O) groups excluding carboxylic acids is 1. The van der Waals surface area contributed by atoms with E-state index in [4.69, 9.17) is 16.3 Å². The fourth-order valence-corrected chi connectivity index (χ4v) is 3.93. The molecule has 11 heteroatoms. The van der Waals surface area contributed by atoms with Crippen LogP contribution in [0.2, 0.25) is 5.28 Å². The Morgan fingerprint density at radius 2 is 1.91 bits per heavy atom. The Balaban J connectivity index is 1.22. The first-order valence-electron chi connectivity index (χ1n) is 10.1. The monoisotopic (exact) mass is 453 g/mol. The maximum atomic E-state index is 12.6. The molecule has 1 amide bonds. The molecule has 0 spiro atoms. The number of nitrogens with zero attached hydrogens (tertiary/aromatic N) is 7. The van der Waals surface area contributed by atoms with E-state index in [1.807, 2.05) is 24.1 Å². The minimum atomic E-state index is -0.410. The number of phenols is 1. The molecule has 1 saturated heterocycles. The molecule has 0 unspecified atom stereocenters. The van der Waals surface area contributed by atoms with Crippen LogP contribution in [0.25, 0.3) is 22.1 Å². The van der Waals surface area contributed by atoms with Crippen LogP contribution >= 0.6 is 11.6 Å². The number of fused-ring (bicyclic) bond motifs is 2. The number of amides is 1. The highest BCUT2D eigenvalue weighted by molar-refractivity contribution is 6.28. The van der Waals surface area contributed by atoms with Gasteiger partial charge < -0.3 is 24.2 Å². The summed E-state index contributed by atoms with van der Waals surface area (Å²) in [5, 5.41) is 11.0. The van der Waals surface area contributed by atoms with Crippen molar-refractivity contribution in [3.05, 3.63) is 47.6 Å². The van der Waals surface area contributed by atoms with Crippen molar-refractivity contribution in [2.45, 2.75) is 6.61 Å². The van der Waals surface area contributed by atoms with Gasteiger partial charge in [-0.1, -0.05) is 18.2 Å². The molecule has 1 aromatic carbocycles. The van der Waals surface area contributed by atoms with Gasteiger partial charge in [-0.05, 0) is 23.7 Å². The van der Waals surface area contributed by atoms with Gasteiger partial charge >= 0.3 is 6.09 Å². The molecule has 1 fully saturated rings. The summed E-state index contributed by atoms with van der Waals surface area (Å²) < 4.78 is 7.24. The van der Waals surface area contributed by atoms with Gasteiger partial charge in [-0.3, -0.25) is 0 Å². The summed E-state index contributed by atoms with van der Waals surface area (Å²) in [5.41, 5.74) is 2.40. The van der Waals surface area contributed by atoms with Crippen molar-refractivity contribution in [3.63, 3.8) is 0 Å². The average molecular weight is 454 g/mol. The molecule has 32 heavy (non-hydrogen) atoms. The number of hydrogen-bond acceptors (Lipinski definition) is 8. The molecule has 0 atom stereocenters. The Hall–Kier alpha value is -3.66. The maximum Gasteiger partial charge on any atom is 0.410 e. The van der Waals surface area contributed by atoms with Gasteiger partial charge in [-0.2, -0.15) is 9.97 Å². The SMILES string of the molecule is Cn1cnc2c(N3CCN(C(=O)OCc4ccc5cccc(O)c5n4)CC3)nc(Cl)nc21. The van der Waals surface area contributed by atoms with E-state index < -0.39 is 6.09 Å². The molecule has 5 rings (SSSR count). The van der Waals surface area contributed by atoms with Crippen LogP contribution in [-0.2, 0) is 18.4 Å². The number of halogens is 1. The first-order valence-corrected chi connectivity index (χ1v) is 10.5. The third-order valence-electron chi connectivity index (χ3n) is 5.45. The number of benzene rings is 1. The summed E-state index contributed by atoms with van der Waals surface area (Å²) in [4.78, 5) is 33.6. The Kier molecular flexibility index (Phi) is 5.14. The minimum absolute atomic E-state index is 0.0272. The molecule has 164 valence electrons. The second kappa shape index (κ2) is 8.12. The zero-order chi connectivity index (χ0) is 22.2. The van der Waals surface area contributed by atoms with Crippen LogP contribution in [0, 0.1) is 0 Å². The second-order valence-electron chi connectivity index (χ2n) is 7.52. The number of rotatable bonds is 3. The van der Waals surface area contributed by atoms with Gasteiger partial charge in [0.15, 0.2) is 17.0 Å². The quantitative estimate of drug-likeness (QED) is 0.471. The summed E-state index contributed by atoms with van der Waals surface area (Å²) in [5.74, 6) is 0.757. The van der Waals surface area contributed by atoms with E-state index in [2.05, 4.69) is 19.9 Å². The van der Waals surface area contributed by atoms with E-state index in [1.165, 1.54) is 0 Å². The molecule has 1 N–H and O–H groups in total. The predicted molar refractivity (Wildman–Crippen MR) is 119 cm³/mol. The molecule has 10 nitrogen and oxygen atoms in total. The van der Waals surface area contributed by atoms with Gasteiger partial charge in [0.05, 0.1) is 12.0 Å². The topological polar surface area (TPSA) is 110 Å². The minimum Gasteiger partial charge on any atom is -0.506 e. The number of aryl methyl sites for hydroxylation is 1. The van der Waals surface area contributed by atoms with Crippen LogP contribution in [0.3, 0.4) is 0 Å². The molecule has 4 heterocycles. The van der Waals surface area contributed by atoms with Crippen molar-refractivity contribution >= 4 is 45.6 Å². The third kappa shape index (κ3) is 3.73. The number of aromatic nitrogens is 5. The number of carbonyl (C=O) groups is 1. The summed E-state index contributed by atoms with van der Waals surface area (Å²) >= 11 is 6.10. The van der Waals surface area contributed by atoms with Gasteiger partial charge in [0.2, 0.25) is 5.28 Å². The van der Waals surface area contributed by atoms with Gasteiger partial charge in [0.1, 0.15) is 17.9 Å². The lowest BCUT2D eigenvalue weighted by atomic mass is 10.2. The van der Waals surface area contributed by atoms with Crippen LogP contribution < -0.4 is 4.90 Å². The Bertz CT molecular complexity index is 1320. The lowest BCUT2D eigenvalue weighted by molar-refractivity contribution is 0.0932. The summed E-state index contributed by atoms with van der Waals surface area (Å²) in [6.07, 6.45) is 1.26. The number of pyridine rings is 1. The van der Waals surface area contributed by atoms with E-state index in [-0.39, 0.29) is 17.6 Å². The smallest absolute Gasteiger partial charge is 0.410 e. The fraction of sp³-hybridized carbons (Fsp3) is 0.286. The third-order valence-corrected chi connectivity index (χ3v) is 5.62. The highest BCUT2D eigenvalue weighted by Gasteiger charge is 2.25. The van der Waals surface area contributed by atoms with E-state index in [0.29, 0.717) is 54.4 Å². The number of aromatic hydroxyl groups is 1. The first-order chi connectivity index (χ1) is 15.5. The largest absolute Gasteiger partial charge is 0.506 e. The van der Waals surface area contributed by atoms with Crippen LogP contribution in [0.4, 0.5) is 10.6 Å². The Labute approximate surface area is 188 Å². The highest BCUT2D eigenvalue weighted by Crippen LogP contribution is 2.25. The molecule has 3 aromatic heterocycles. The van der Waals surface area contributed by atoms with Crippen LogP contribution in [0.15, 0.2) is 36.7 Å². The van der Waals surface area contributed by atoms with Crippen LogP contribution in [0.5, 0.6) is 5.75 Å². The lowest BCUT2D eigenvalue weighted by Gasteiger charge is -2.34. The summed E-state index contributed by atoms with van der Waals surface area (Å²) in [6, 6.07) is 8.82. The van der Waals surface area contributed by atoms with Crippen molar-refractivity contribution in [2.24, 2.45) is 7.05 Å². The molecule has 0 radical (unpaired) electrons. The molecule has 0 bridgehead atoms. The average Bonchev–Trinajstić information content (AvgIpc) is 3.18. The predicted octanol–water partition coefficient (Wildman–Crippen LogP) is 2.73. The van der Waals surface area contributed by atoms with E-state index in [0.717, 1.165) is 5.39 Å². The summed E-state index contributed by atoms with van der Waals surface area (Å²) in [7, 11) is 1.85. The van der Waals surface area contributed by atoms with Crippen molar-refractivity contribution in [1.29, 1.82) is 0 Å². The van der Waals surface area contributed by atoms with Gasteiger partial charge in [-0.15, -0.1) is 0 Å². The molecule has 0 aliphatic carbocycles. The number of imidazole rings is 1. The Morgan fingerprint density at radius 3 is 2.72 bits per heavy atom. The van der Waals surface area contributed by atoms with Crippen LogP contribution in [-0.4, -0.2) is 66.8 Å². The number of phenolic OH excluding ortho intramolecular Hbond substituents is 1. The van der Waals surface area contributed by atoms with Gasteiger partial charge in [0.25, 0.3) is 0 Å². The maximum absolute atomic E-state index is 12.6. The molecule has 1 aliphatic rings. The summed E-state index contributed by atoms with van der Waals surface area (Å²) in [6.45, 7) is 2.10. The van der Waals surface area contributed by atoms with Crippen LogP contribution in [0.1, 0.15) is 5.69 Å². The van der Waals surface area contributed by atoms with Crippen molar-refractivity contribution in [1.82, 2.24) is 29.4 Å². The highest BCUT2D eigenvalue weighted by atomic mass is 35.5. The lowest BCUT2D eigenvalue weighted by Crippen LogP contribution is -2.49. The number of piperazine rings is 1. The Morgan fingerprint density at radius 1 is 1.09 bits per heavy atom. The standard InChI is InChI=1S/C21H20ClN7O3/c1-27-12-23-17-18(27)25-20(22)26-19(17)28-7-9-29(10-8-28)21(31)32-11-14-6-5-13-3-2-4-15(30)16(13)24-14/h2-6,12,30H,7-11H2,1H3. The van der Waals surface area contributed by atoms with Crippen molar-refractivity contribution in [2.75, 3.05) is 31.1 Å². The fourth-order valence-electron chi connectivity index (χ4n) is 3.77. The molecule has 4 aromatic rings. The van der Waals surface area contributed by atoms with Gasteiger partial charge in [0, 0.05) is 38.6 Å². The number of ether oxygens (including phenoxy) is 1. The molecular weight excluding hydrogens is 434 g/mol. The zero-order valence-corrected chi connectivity index (χ0v) is 18.0. The van der Waals surface area contributed by atoms with E-state index >= 15 is 0 Å². The number of hydrogen-bond donors (Lipinski definition) is 1. The van der Waals surface area contributed by atoms with Gasteiger partial charge in [-0.25, -0.2) is 14.8 Å².